The summed E-state index contributed by atoms with van der Waals surface area (Å²) in [5.74, 6) is -0.978. The van der Waals surface area contributed by atoms with Gasteiger partial charge in [-0.25, -0.2) is 4.98 Å². The Hall–Kier alpha value is -1.66. The zero-order valence-corrected chi connectivity index (χ0v) is 8.92. The second kappa shape index (κ2) is 4.07. The Kier molecular flexibility index (Phi) is 2.76. The molecule has 0 saturated heterocycles. The Bertz CT molecular complexity index is 539. The van der Waals surface area contributed by atoms with E-state index in [1.54, 1.807) is 10.6 Å². The molecular formula is C9H9ClN4O2. The van der Waals surface area contributed by atoms with E-state index in [4.69, 9.17) is 22.4 Å². The average molecular weight is 241 g/mol. The molecule has 1 atom stereocenters. The lowest BCUT2D eigenvalue weighted by Crippen LogP contribution is -2.17. The molecule has 0 spiro atoms. The van der Waals surface area contributed by atoms with Crippen LogP contribution in [0.5, 0.6) is 0 Å². The number of carboxylic acid groups (broad SMARTS) is 1. The minimum atomic E-state index is -0.978. The first-order chi connectivity index (χ1) is 7.59. The maximum absolute atomic E-state index is 10.6. The predicted molar refractivity (Wildman–Crippen MR) is 57.2 cm³/mol. The lowest BCUT2D eigenvalue weighted by atomic mass is 10.1. The van der Waals surface area contributed by atoms with Crippen LogP contribution in [-0.4, -0.2) is 25.4 Å². The molecule has 0 bridgehead atoms. The van der Waals surface area contributed by atoms with E-state index in [1.165, 1.54) is 12.4 Å². The van der Waals surface area contributed by atoms with E-state index < -0.39 is 12.0 Å². The van der Waals surface area contributed by atoms with Crippen molar-refractivity contribution in [2.45, 2.75) is 12.5 Å². The van der Waals surface area contributed by atoms with E-state index >= 15 is 0 Å². The predicted octanol–water partition coefficient (Wildman–Crippen LogP) is 0.857. The van der Waals surface area contributed by atoms with Gasteiger partial charge in [-0.3, -0.25) is 14.2 Å². The van der Waals surface area contributed by atoms with E-state index in [-0.39, 0.29) is 6.42 Å². The Morgan fingerprint density at radius 1 is 1.62 bits per heavy atom. The summed E-state index contributed by atoms with van der Waals surface area (Å²) in [7, 11) is 0. The van der Waals surface area contributed by atoms with E-state index in [9.17, 15) is 4.79 Å². The summed E-state index contributed by atoms with van der Waals surface area (Å²) in [5.41, 5.74) is 6.65. The van der Waals surface area contributed by atoms with Crippen molar-refractivity contribution in [2.75, 3.05) is 0 Å². The lowest BCUT2D eigenvalue weighted by molar-refractivity contribution is -0.137. The molecular weight excluding hydrogens is 232 g/mol. The normalized spacial score (nSPS) is 12.9. The standard InChI is InChI=1S/C9H9ClN4O2/c10-6-4-13-9-8(5(11)3-7(15)16)12-1-2-14(6)9/h1-2,4-5H,3,11H2,(H,15,16). The third kappa shape index (κ3) is 1.84. The van der Waals surface area contributed by atoms with Crippen LogP contribution < -0.4 is 5.73 Å². The zero-order valence-electron chi connectivity index (χ0n) is 8.17. The van der Waals surface area contributed by atoms with Crippen LogP contribution in [-0.2, 0) is 4.79 Å². The summed E-state index contributed by atoms with van der Waals surface area (Å²) in [5, 5.41) is 9.09. The van der Waals surface area contributed by atoms with E-state index in [0.29, 0.717) is 16.5 Å². The SMILES string of the molecule is NC(CC(=O)O)c1nccn2c(Cl)cnc12. The van der Waals surface area contributed by atoms with Crippen molar-refractivity contribution in [3.63, 3.8) is 0 Å². The van der Waals surface area contributed by atoms with Crippen molar-refractivity contribution in [3.8, 4) is 0 Å². The lowest BCUT2D eigenvalue weighted by Gasteiger charge is -2.08. The molecule has 84 valence electrons. The van der Waals surface area contributed by atoms with Gasteiger partial charge in [0.15, 0.2) is 5.65 Å². The molecule has 2 aromatic heterocycles. The number of aromatic nitrogens is 3. The molecule has 0 saturated carbocycles. The molecule has 1 unspecified atom stereocenters. The summed E-state index contributed by atoms with van der Waals surface area (Å²) in [6, 6.07) is -0.695. The molecule has 0 radical (unpaired) electrons. The fourth-order valence-corrected chi connectivity index (χ4v) is 1.64. The number of imidazole rings is 1. The molecule has 2 aromatic rings. The second-order valence-corrected chi connectivity index (χ2v) is 3.68. The Balaban J connectivity index is 2.48. The van der Waals surface area contributed by atoms with Gasteiger partial charge < -0.3 is 10.8 Å². The van der Waals surface area contributed by atoms with Gasteiger partial charge in [-0.05, 0) is 0 Å². The zero-order chi connectivity index (χ0) is 11.7. The van der Waals surface area contributed by atoms with E-state index in [1.807, 2.05) is 0 Å². The summed E-state index contributed by atoms with van der Waals surface area (Å²) in [4.78, 5) is 18.6. The molecule has 0 amide bonds. The summed E-state index contributed by atoms with van der Waals surface area (Å²) < 4.78 is 1.60. The van der Waals surface area contributed by atoms with Crippen LogP contribution in [0.15, 0.2) is 18.6 Å². The molecule has 0 aliphatic rings. The van der Waals surface area contributed by atoms with Gasteiger partial charge in [0, 0.05) is 12.4 Å². The van der Waals surface area contributed by atoms with Crippen LogP contribution in [0.1, 0.15) is 18.2 Å². The van der Waals surface area contributed by atoms with Crippen molar-refractivity contribution in [2.24, 2.45) is 5.73 Å². The molecule has 0 aliphatic carbocycles. The number of hydrogen-bond acceptors (Lipinski definition) is 4. The fourth-order valence-electron chi connectivity index (χ4n) is 1.46. The topological polar surface area (TPSA) is 93.5 Å². The van der Waals surface area contributed by atoms with Crippen molar-refractivity contribution < 1.29 is 9.90 Å². The van der Waals surface area contributed by atoms with Gasteiger partial charge in [-0.15, -0.1) is 0 Å². The number of aliphatic carboxylic acids is 1. The maximum atomic E-state index is 10.6. The monoisotopic (exact) mass is 240 g/mol. The number of rotatable bonds is 3. The van der Waals surface area contributed by atoms with Gasteiger partial charge in [-0.2, -0.15) is 0 Å². The number of hydrogen-bond donors (Lipinski definition) is 2. The molecule has 0 aromatic carbocycles. The van der Waals surface area contributed by atoms with Gasteiger partial charge in [0.2, 0.25) is 0 Å². The summed E-state index contributed by atoms with van der Waals surface area (Å²) >= 11 is 5.87. The molecule has 0 fully saturated rings. The number of nitrogens with zero attached hydrogens (tertiary/aromatic N) is 3. The van der Waals surface area contributed by atoms with Crippen LogP contribution in [0.4, 0.5) is 0 Å². The Labute approximate surface area is 95.7 Å². The first-order valence-corrected chi connectivity index (χ1v) is 4.92. The average Bonchev–Trinajstić information content (AvgIpc) is 2.59. The summed E-state index contributed by atoms with van der Waals surface area (Å²) in [6.45, 7) is 0. The number of carboxylic acids is 1. The van der Waals surface area contributed by atoms with Gasteiger partial charge in [0.1, 0.15) is 10.8 Å². The molecule has 6 nitrogen and oxygen atoms in total. The van der Waals surface area contributed by atoms with Crippen LogP contribution in [0, 0.1) is 0 Å². The minimum absolute atomic E-state index is 0.197. The smallest absolute Gasteiger partial charge is 0.305 e. The Morgan fingerprint density at radius 2 is 2.38 bits per heavy atom. The van der Waals surface area contributed by atoms with Crippen LogP contribution in [0.3, 0.4) is 0 Å². The third-order valence-corrected chi connectivity index (χ3v) is 2.44. The first kappa shape index (κ1) is 10.8. The third-order valence-electron chi connectivity index (χ3n) is 2.16. The van der Waals surface area contributed by atoms with E-state index in [2.05, 4.69) is 9.97 Å². The first-order valence-electron chi connectivity index (χ1n) is 4.54. The highest BCUT2D eigenvalue weighted by atomic mass is 35.5. The number of carbonyl (C=O) groups is 1. The number of fused-ring (bicyclic) bond motifs is 1. The summed E-state index contributed by atoms with van der Waals surface area (Å²) in [6.07, 6.45) is 4.42. The quantitative estimate of drug-likeness (QED) is 0.830. The number of halogens is 1. The second-order valence-electron chi connectivity index (χ2n) is 3.29. The molecule has 0 aliphatic heterocycles. The molecule has 2 rings (SSSR count). The van der Waals surface area contributed by atoms with Crippen LogP contribution >= 0.6 is 11.6 Å². The maximum Gasteiger partial charge on any atom is 0.305 e. The number of nitrogens with two attached hydrogens (primary N) is 1. The highest BCUT2D eigenvalue weighted by Crippen LogP contribution is 2.19. The molecule has 16 heavy (non-hydrogen) atoms. The Morgan fingerprint density at radius 3 is 3.06 bits per heavy atom. The largest absolute Gasteiger partial charge is 0.481 e. The van der Waals surface area contributed by atoms with Gasteiger partial charge in [0.05, 0.1) is 18.7 Å². The molecule has 2 heterocycles. The van der Waals surface area contributed by atoms with E-state index in [0.717, 1.165) is 0 Å². The van der Waals surface area contributed by atoms with Crippen molar-refractivity contribution >= 4 is 23.2 Å². The van der Waals surface area contributed by atoms with Crippen LogP contribution in [0.2, 0.25) is 5.15 Å². The van der Waals surface area contributed by atoms with Gasteiger partial charge in [0.25, 0.3) is 0 Å². The minimum Gasteiger partial charge on any atom is -0.481 e. The fraction of sp³-hybridized carbons (Fsp3) is 0.222. The van der Waals surface area contributed by atoms with Crippen molar-refractivity contribution in [1.29, 1.82) is 0 Å². The van der Waals surface area contributed by atoms with Gasteiger partial charge in [-0.1, -0.05) is 11.6 Å². The highest BCUT2D eigenvalue weighted by Gasteiger charge is 2.17. The van der Waals surface area contributed by atoms with Crippen molar-refractivity contribution in [3.05, 3.63) is 29.4 Å². The van der Waals surface area contributed by atoms with Crippen LogP contribution in [0.25, 0.3) is 5.65 Å². The molecule has 7 heteroatoms. The highest BCUT2D eigenvalue weighted by molar-refractivity contribution is 6.29. The van der Waals surface area contributed by atoms with Gasteiger partial charge >= 0.3 is 5.97 Å². The molecule has 3 N–H and O–H groups in total. The van der Waals surface area contributed by atoms with Crippen molar-refractivity contribution in [1.82, 2.24) is 14.4 Å².